The average Bonchev–Trinajstić information content (AvgIpc) is 3.28. The molecule has 0 aromatic heterocycles. The minimum absolute atomic E-state index is 0.102. The molecule has 0 aliphatic carbocycles. The lowest BCUT2D eigenvalue weighted by molar-refractivity contribution is -0.155. The molecular weight excluding hydrogens is 408 g/mol. The van der Waals surface area contributed by atoms with Gasteiger partial charge in [0.05, 0.1) is 24.1 Å². The molecule has 168 valence electrons. The second kappa shape index (κ2) is 8.74. The Morgan fingerprint density at radius 2 is 1.75 bits per heavy atom. The highest BCUT2D eigenvalue weighted by molar-refractivity contribution is 6.24. The number of esters is 1. The van der Waals surface area contributed by atoms with E-state index in [2.05, 4.69) is 5.32 Å². The zero-order valence-corrected chi connectivity index (χ0v) is 18.3. The molecule has 4 atom stereocenters. The third-order valence-electron chi connectivity index (χ3n) is 6.49. The number of ether oxygens (including phenoxy) is 1. The first-order valence-electron chi connectivity index (χ1n) is 11.1. The Hall–Kier alpha value is -3.19. The van der Waals surface area contributed by atoms with Gasteiger partial charge < -0.3 is 9.84 Å². The lowest BCUT2D eigenvalue weighted by Gasteiger charge is -2.33. The van der Waals surface area contributed by atoms with Crippen LogP contribution in [0.2, 0.25) is 0 Å². The molecule has 0 spiro atoms. The van der Waals surface area contributed by atoms with Gasteiger partial charge >= 0.3 is 5.97 Å². The summed E-state index contributed by atoms with van der Waals surface area (Å²) in [5.41, 5.74) is -0.0682. The van der Waals surface area contributed by atoms with Crippen molar-refractivity contribution in [3.63, 3.8) is 0 Å². The molecule has 2 aromatic carbocycles. The van der Waals surface area contributed by atoms with Gasteiger partial charge in [-0.2, -0.15) is 0 Å². The van der Waals surface area contributed by atoms with E-state index in [1.54, 1.807) is 55.5 Å². The molecule has 0 bridgehead atoms. The van der Waals surface area contributed by atoms with Crippen LogP contribution >= 0.6 is 0 Å². The number of hydrogen-bond donors (Lipinski definition) is 2. The Labute approximate surface area is 187 Å². The summed E-state index contributed by atoms with van der Waals surface area (Å²) in [5.74, 6) is -2.75. The summed E-state index contributed by atoms with van der Waals surface area (Å²) in [6.45, 7) is 3.92. The van der Waals surface area contributed by atoms with Crippen molar-refractivity contribution in [2.45, 2.75) is 44.7 Å². The van der Waals surface area contributed by atoms with Gasteiger partial charge in [0.1, 0.15) is 11.3 Å². The van der Waals surface area contributed by atoms with Crippen LogP contribution in [0.25, 0.3) is 0 Å². The highest BCUT2D eigenvalue weighted by Gasteiger charge is 2.68. The van der Waals surface area contributed by atoms with Gasteiger partial charge in [-0.05, 0) is 43.2 Å². The number of carbonyl (C=O) groups is 3. The number of fused-ring (bicyclic) bond motifs is 1. The first kappa shape index (κ1) is 22.0. The fraction of sp³-hybridized carbons (Fsp3) is 0.400. The SMILES string of the molecule is CCCC[C@@]1(C(=O)OCC)N[C@@H](c2ccc(O)cc2)[C@H]2C(=O)N(c3ccccc3)C(=O)[C@@H]21. The van der Waals surface area contributed by atoms with E-state index in [-0.39, 0.29) is 24.2 Å². The zero-order valence-electron chi connectivity index (χ0n) is 18.3. The zero-order chi connectivity index (χ0) is 22.9. The summed E-state index contributed by atoms with van der Waals surface area (Å²) < 4.78 is 5.44. The molecule has 2 heterocycles. The van der Waals surface area contributed by atoms with Crippen molar-refractivity contribution >= 4 is 23.5 Å². The minimum Gasteiger partial charge on any atom is -0.508 e. The quantitative estimate of drug-likeness (QED) is 0.511. The number of para-hydroxylation sites is 1. The summed E-state index contributed by atoms with van der Waals surface area (Å²) in [4.78, 5) is 41.9. The van der Waals surface area contributed by atoms with Crippen LogP contribution in [0.5, 0.6) is 5.75 Å². The number of nitrogens with zero attached hydrogens (tertiary/aromatic N) is 1. The monoisotopic (exact) mass is 436 g/mol. The maximum absolute atomic E-state index is 13.7. The fourth-order valence-corrected chi connectivity index (χ4v) is 5.04. The van der Waals surface area contributed by atoms with Crippen LogP contribution in [0, 0.1) is 11.8 Å². The van der Waals surface area contributed by atoms with E-state index in [0.29, 0.717) is 18.5 Å². The van der Waals surface area contributed by atoms with E-state index in [9.17, 15) is 19.5 Å². The highest BCUT2D eigenvalue weighted by atomic mass is 16.5. The number of nitrogens with one attached hydrogen (secondary N) is 1. The Morgan fingerprint density at radius 3 is 2.38 bits per heavy atom. The van der Waals surface area contributed by atoms with E-state index >= 15 is 0 Å². The van der Waals surface area contributed by atoms with Gasteiger partial charge in [-0.15, -0.1) is 0 Å². The maximum atomic E-state index is 13.7. The largest absolute Gasteiger partial charge is 0.508 e. The number of phenols is 1. The molecule has 2 saturated heterocycles. The van der Waals surface area contributed by atoms with Crippen molar-refractivity contribution in [1.82, 2.24) is 5.32 Å². The molecule has 0 radical (unpaired) electrons. The lowest BCUT2D eigenvalue weighted by atomic mass is 9.76. The summed E-state index contributed by atoms with van der Waals surface area (Å²) in [6, 6.07) is 14.8. The van der Waals surface area contributed by atoms with Crippen LogP contribution in [0.3, 0.4) is 0 Å². The van der Waals surface area contributed by atoms with E-state index in [1.807, 2.05) is 13.0 Å². The van der Waals surface area contributed by atoms with E-state index in [4.69, 9.17) is 4.74 Å². The Bertz CT molecular complexity index is 1010. The molecule has 4 rings (SSSR count). The second-order valence-corrected chi connectivity index (χ2v) is 8.36. The van der Waals surface area contributed by atoms with Crippen molar-refractivity contribution in [1.29, 1.82) is 0 Å². The predicted molar refractivity (Wildman–Crippen MR) is 119 cm³/mol. The highest BCUT2D eigenvalue weighted by Crippen LogP contribution is 2.51. The van der Waals surface area contributed by atoms with Gasteiger partial charge in [0, 0.05) is 6.04 Å². The van der Waals surface area contributed by atoms with Crippen molar-refractivity contribution < 1.29 is 24.2 Å². The number of phenolic OH excluding ortho intramolecular Hbond substituents is 1. The van der Waals surface area contributed by atoms with Crippen LogP contribution in [0.4, 0.5) is 5.69 Å². The number of rotatable bonds is 7. The Kier molecular flexibility index (Phi) is 6.02. The number of benzene rings is 2. The third kappa shape index (κ3) is 3.46. The predicted octanol–water partition coefficient (Wildman–Crippen LogP) is 3.33. The number of unbranched alkanes of at least 4 members (excludes halogenated alkanes) is 1. The van der Waals surface area contributed by atoms with Crippen LogP contribution in [-0.4, -0.2) is 35.0 Å². The molecule has 2 aliphatic heterocycles. The molecule has 2 N–H and O–H groups in total. The normalized spacial score (nSPS) is 26.9. The summed E-state index contributed by atoms with van der Waals surface area (Å²) >= 11 is 0. The smallest absolute Gasteiger partial charge is 0.327 e. The maximum Gasteiger partial charge on any atom is 0.327 e. The molecular formula is C25H28N2O5. The number of hydrogen-bond acceptors (Lipinski definition) is 6. The summed E-state index contributed by atoms with van der Waals surface area (Å²) in [5, 5.41) is 13.1. The van der Waals surface area contributed by atoms with E-state index in [0.717, 1.165) is 12.0 Å². The number of carbonyl (C=O) groups excluding carboxylic acids is 3. The van der Waals surface area contributed by atoms with Gasteiger partial charge in [-0.25, -0.2) is 4.90 Å². The van der Waals surface area contributed by atoms with Crippen LogP contribution in [-0.2, 0) is 19.1 Å². The number of anilines is 1. The van der Waals surface area contributed by atoms with Crippen molar-refractivity contribution in [3.8, 4) is 5.75 Å². The Morgan fingerprint density at radius 1 is 1.06 bits per heavy atom. The van der Waals surface area contributed by atoms with Crippen molar-refractivity contribution in [3.05, 3.63) is 60.2 Å². The van der Waals surface area contributed by atoms with E-state index in [1.165, 1.54) is 4.90 Å². The first-order chi connectivity index (χ1) is 15.4. The second-order valence-electron chi connectivity index (χ2n) is 8.36. The standard InChI is InChI=1S/C25H28N2O5/c1-3-5-15-25(24(31)32-4-2)20-19(21(26-25)16-11-13-18(28)14-12-16)22(29)27(23(20)30)17-9-7-6-8-10-17/h6-14,19-21,26,28H,3-5,15H2,1-2H3/t19-,20+,21-,25+/m0/s1. The molecule has 2 aromatic rings. The Balaban J connectivity index is 1.85. The van der Waals surface area contributed by atoms with Crippen LogP contribution < -0.4 is 10.2 Å². The molecule has 2 amide bonds. The third-order valence-corrected chi connectivity index (χ3v) is 6.49. The van der Waals surface area contributed by atoms with Crippen LogP contribution in [0.15, 0.2) is 54.6 Å². The molecule has 2 aliphatic rings. The average molecular weight is 437 g/mol. The topological polar surface area (TPSA) is 95.9 Å². The summed E-state index contributed by atoms with van der Waals surface area (Å²) in [7, 11) is 0. The molecule has 7 heteroatoms. The van der Waals surface area contributed by atoms with Gasteiger partial charge in [-0.1, -0.05) is 50.1 Å². The minimum atomic E-state index is -1.30. The molecule has 0 saturated carbocycles. The molecule has 2 fully saturated rings. The number of amides is 2. The molecule has 0 unspecified atom stereocenters. The van der Waals surface area contributed by atoms with E-state index < -0.39 is 29.4 Å². The van der Waals surface area contributed by atoms with Crippen molar-refractivity contribution in [2.75, 3.05) is 11.5 Å². The molecule has 7 nitrogen and oxygen atoms in total. The van der Waals surface area contributed by atoms with Gasteiger partial charge in [0.2, 0.25) is 11.8 Å². The summed E-state index contributed by atoms with van der Waals surface area (Å²) in [6.07, 6.45) is 1.92. The molecule has 32 heavy (non-hydrogen) atoms. The van der Waals surface area contributed by atoms with Crippen molar-refractivity contribution in [2.24, 2.45) is 11.8 Å². The van der Waals surface area contributed by atoms with Crippen LogP contribution in [0.1, 0.15) is 44.7 Å². The van der Waals surface area contributed by atoms with Gasteiger partial charge in [0.25, 0.3) is 0 Å². The van der Waals surface area contributed by atoms with Gasteiger partial charge in [-0.3, -0.25) is 19.7 Å². The number of aromatic hydroxyl groups is 1. The number of imide groups is 1. The fourth-order valence-electron chi connectivity index (χ4n) is 5.04. The lowest BCUT2D eigenvalue weighted by Crippen LogP contribution is -2.56. The van der Waals surface area contributed by atoms with Gasteiger partial charge in [0.15, 0.2) is 0 Å². The first-order valence-corrected chi connectivity index (χ1v) is 11.1.